The summed E-state index contributed by atoms with van der Waals surface area (Å²) in [6.45, 7) is 10.1. The number of rotatable bonds is 6. The van der Waals surface area contributed by atoms with Crippen molar-refractivity contribution in [2.45, 2.75) is 64.0 Å². The van der Waals surface area contributed by atoms with Gasteiger partial charge in [0.1, 0.15) is 11.5 Å². The van der Waals surface area contributed by atoms with Crippen molar-refractivity contribution in [3.8, 4) is 6.07 Å². The van der Waals surface area contributed by atoms with E-state index in [1.54, 1.807) is 17.8 Å². The van der Waals surface area contributed by atoms with Gasteiger partial charge in [0.2, 0.25) is 0 Å². The normalized spacial score (nSPS) is 18.0. The quantitative estimate of drug-likeness (QED) is 0.169. The van der Waals surface area contributed by atoms with Crippen LogP contribution in [0, 0.1) is 47.6 Å². The maximum absolute atomic E-state index is 14.1. The number of nitro groups is 1. The number of carbonyl (C=O) groups excluding carboxylic acids is 1. The molecule has 0 aromatic heterocycles. The van der Waals surface area contributed by atoms with Crippen molar-refractivity contribution in [2.24, 2.45) is 11.1 Å². The zero-order valence-electron chi connectivity index (χ0n) is 24.8. The molecule has 2 N–H and O–H groups in total. The van der Waals surface area contributed by atoms with Crippen LogP contribution >= 0.6 is 23.4 Å². The summed E-state index contributed by atoms with van der Waals surface area (Å²) in [4.78, 5) is 28.4. The predicted octanol–water partition coefficient (Wildman–Crippen LogP) is 8.41. The lowest BCUT2D eigenvalue weighted by Gasteiger charge is -2.43. The predicted molar refractivity (Wildman–Crippen MR) is 172 cm³/mol. The Hall–Kier alpha value is -4.06. The topological polar surface area (TPSA) is 113 Å². The van der Waals surface area contributed by atoms with E-state index in [1.165, 1.54) is 27.5 Å². The van der Waals surface area contributed by atoms with E-state index in [-0.39, 0.29) is 33.6 Å². The first-order valence-corrected chi connectivity index (χ1v) is 15.4. The molecule has 7 nitrogen and oxygen atoms in total. The van der Waals surface area contributed by atoms with Gasteiger partial charge in [0.15, 0.2) is 5.78 Å². The number of nitriles is 1. The molecule has 0 amide bonds. The van der Waals surface area contributed by atoms with Crippen LogP contribution in [-0.4, -0.2) is 10.7 Å². The lowest BCUT2D eigenvalue weighted by molar-refractivity contribution is -0.384. The Labute approximate surface area is 261 Å². The van der Waals surface area contributed by atoms with Crippen molar-refractivity contribution in [1.82, 2.24) is 0 Å². The van der Waals surface area contributed by atoms with Crippen molar-refractivity contribution in [3.05, 3.63) is 120 Å². The summed E-state index contributed by atoms with van der Waals surface area (Å²) in [7, 11) is 0. The van der Waals surface area contributed by atoms with Gasteiger partial charge in [0, 0.05) is 39.4 Å². The van der Waals surface area contributed by atoms with Crippen molar-refractivity contribution in [1.29, 1.82) is 5.26 Å². The molecule has 0 saturated carbocycles. The number of benzene rings is 3. The standard InChI is InChI=1S/C34H33ClN4O3S/c1-19-12-22(18-43-30-9-7-6-8-20(30)2)21(3)24(13-19)31-25(17-36)33(37)38(26-11-10-23(35)14-27(26)39(41)42)28-15-34(4,5)16-29(40)32(28)31/h6-14,31H,15-16,18,37H2,1-5H3. The molecule has 220 valence electrons. The zero-order valence-corrected chi connectivity index (χ0v) is 26.4. The van der Waals surface area contributed by atoms with E-state index in [9.17, 15) is 20.2 Å². The molecule has 0 saturated heterocycles. The lowest BCUT2D eigenvalue weighted by Crippen LogP contribution is -2.42. The average molecular weight is 613 g/mol. The van der Waals surface area contributed by atoms with Crippen LogP contribution in [0.5, 0.6) is 0 Å². The maximum Gasteiger partial charge on any atom is 0.294 e. The van der Waals surface area contributed by atoms with Crippen LogP contribution in [0.25, 0.3) is 0 Å². The molecule has 2 aliphatic rings. The Kier molecular flexibility index (Phi) is 8.17. The van der Waals surface area contributed by atoms with Crippen LogP contribution in [-0.2, 0) is 10.5 Å². The van der Waals surface area contributed by atoms with Crippen LogP contribution in [0.15, 0.2) is 82.2 Å². The first-order chi connectivity index (χ1) is 20.3. The van der Waals surface area contributed by atoms with E-state index in [4.69, 9.17) is 17.3 Å². The Bertz CT molecular complexity index is 1790. The SMILES string of the molecule is Cc1cc(CSc2ccccc2C)c(C)c(C2C(C#N)=C(N)N(c3ccc(Cl)cc3[N+](=O)[O-])C3=C2C(=O)CC(C)(C)C3)c1. The Morgan fingerprint density at radius 2 is 1.86 bits per heavy atom. The molecular formula is C34H33ClN4O3S. The van der Waals surface area contributed by atoms with Crippen molar-refractivity contribution in [2.75, 3.05) is 4.90 Å². The van der Waals surface area contributed by atoms with E-state index in [1.807, 2.05) is 45.9 Å². The number of Topliss-reactive ketones (excluding diaryl/α,β-unsaturated/α-hetero) is 1. The number of ketones is 1. The molecular weight excluding hydrogens is 580 g/mol. The summed E-state index contributed by atoms with van der Waals surface area (Å²) in [5.41, 5.74) is 12.7. The van der Waals surface area contributed by atoms with Gasteiger partial charge in [0.25, 0.3) is 5.69 Å². The minimum absolute atomic E-state index is 0.0823. The number of nitrogens with two attached hydrogens (primary N) is 1. The van der Waals surface area contributed by atoms with E-state index < -0.39 is 16.3 Å². The second-order valence-electron chi connectivity index (χ2n) is 12.1. The van der Waals surface area contributed by atoms with E-state index in [0.717, 1.165) is 28.0 Å². The fourth-order valence-electron chi connectivity index (χ4n) is 6.21. The van der Waals surface area contributed by atoms with E-state index in [2.05, 4.69) is 31.2 Å². The van der Waals surface area contributed by atoms with Gasteiger partial charge in [-0.05, 0) is 73.1 Å². The number of nitrogens with zero attached hydrogens (tertiary/aromatic N) is 3. The number of hydrogen-bond acceptors (Lipinski definition) is 7. The fourth-order valence-corrected chi connectivity index (χ4v) is 7.46. The minimum Gasteiger partial charge on any atom is -0.384 e. The smallest absolute Gasteiger partial charge is 0.294 e. The van der Waals surface area contributed by atoms with Crippen molar-refractivity contribution >= 4 is 40.5 Å². The highest BCUT2D eigenvalue weighted by molar-refractivity contribution is 7.98. The highest BCUT2D eigenvalue weighted by Gasteiger charge is 2.46. The third-order valence-corrected chi connectivity index (χ3v) is 9.70. The molecule has 3 aromatic carbocycles. The molecule has 0 fully saturated rings. The van der Waals surface area contributed by atoms with Gasteiger partial charge in [0.05, 0.1) is 22.5 Å². The van der Waals surface area contributed by atoms with E-state index >= 15 is 0 Å². The monoisotopic (exact) mass is 612 g/mol. The zero-order chi connectivity index (χ0) is 31.2. The Balaban J connectivity index is 1.72. The summed E-state index contributed by atoms with van der Waals surface area (Å²) in [6.07, 6.45) is 0.739. The molecule has 43 heavy (non-hydrogen) atoms. The number of allylic oxidation sites excluding steroid dienone is 3. The lowest BCUT2D eigenvalue weighted by atomic mass is 9.68. The Morgan fingerprint density at radius 3 is 2.53 bits per heavy atom. The molecule has 1 atom stereocenters. The molecule has 3 aromatic rings. The third-order valence-electron chi connectivity index (χ3n) is 8.24. The molecule has 1 heterocycles. The van der Waals surface area contributed by atoms with Crippen LogP contribution in [0.1, 0.15) is 60.4 Å². The average Bonchev–Trinajstić information content (AvgIpc) is 2.93. The van der Waals surface area contributed by atoms with E-state index in [0.29, 0.717) is 24.1 Å². The largest absolute Gasteiger partial charge is 0.384 e. The first kappa shape index (κ1) is 30.4. The fraction of sp³-hybridized carbons (Fsp3) is 0.294. The Morgan fingerprint density at radius 1 is 1.14 bits per heavy atom. The number of carbonyl (C=O) groups is 1. The van der Waals surface area contributed by atoms with Crippen LogP contribution in [0.2, 0.25) is 5.02 Å². The number of halogens is 1. The molecule has 1 aliphatic heterocycles. The molecule has 1 aliphatic carbocycles. The summed E-state index contributed by atoms with van der Waals surface area (Å²) in [6, 6.07) is 19.1. The van der Waals surface area contributed by atoms with Gasteiger partial charge in [-0.1, -0.05) is 61.3 Å². The van der Waals surface area contributed by atoms with Gasteiger partial charge in [-0.25, -0.2) is 0 Å². The summed E-state index contributed by atoms with van der Waals surface area (Å²) >= 11 is 7.88. The third kappa shape index (κ3) is 5.67. The number of hydrogen-bond donors (Lipinski definition) is 1. The number of anilines is 1. The molecule has 0 radical (unpaired) electrons. The van der Waals surface area contributed by atoms with Gasteiger partial charge in [-0.2, -0.15) is 5.26 Å². The highest BCUT2D eigenvalue weighted by atomic mass is 35.5. The molecule has 1 unspecified atom stereocenters. The summed E-state index contributed by atoms with van der Waals surface area (Å²) in [5.74, 6) is 0.0249. The van der Waals surface area contributed by atoms with Gasteiger partial charge in [-0.3, -0.25) is 19.8 Å². The van der Waals surface area contributed by atoms with Gasteiger partial charge >= 0.3 is 0 Å². The second-order valence-corrected chi connectivity index (χ2v) is 13.5. The molecule has 0 bridgehead atoms. The van der Waals surface area contributed by atoms with Crippen molar-refractivity contribution in [3.63, 3.8) is 0 Å². The van der Waals surface area contributed by atoms with Crippen LogP contribution in [0.3, 0.4) is 0 Å². The van der Waals surface area contributed by atoms with Crippen molar-refractivity contribution < 1.29 is 9.72 Å². The number of thioether (sulfide) groups is 1. The molecule has 5 rings (SSSR count). The van der Waals surface area contributed by atoms with Crippen LogP contribution < -0.4 is 10.6 Å². The summed E-state index contributed by atoms with van der Waals surface area (Å²) in [5, 5.41) is 22.9. The maximum atomic E-state index is 14.1. The minimum atomic E-state index is -0.687. The summed E-state index contributed by atoms with van der Waals surface area (Å²) < 4.78 is 0. The first-order valence-electron chi connectivity index (χ1n) is 14.0. The van der Waals surface area contributed by atoms with Gasteiger partial charge < -0.3 is 5.73 Å². The van der Waals surface area contributed by atoms with Gasteiger partial charge in [-0.15, -0.1) is 11.8 Å². The molecule has 9 heteroatoms. The highest BCUT2D eigenvalue weighted by Crippen LogP contribution is 2.52. The second kappa shape index (κ2) is 11.6. The molecule has 0 spiro atoms. The number of nitro benzene ring substituents is 1. The number of aryl methyl sites for hydroxylation is 2. The van der Waals surface area contributed by atoms with Crippen LogP contribution in [0.4, 0.5) is 11.4 Å².